The average Bonchev–Trinajstić information content (AvgIpc) is 2.86. The first kappa shape index (κ1) is 14.1. The van der Waals surface area contributed by atoms with Crippen molar-refractivity contribution in [3.05, 3.63) is 29.3 Å². The van der Waals surface area contributed by atoms with Gasteiger partial charge in [-0.15, -0.1) is 0 Å². The van der Waals surface area contributed by atoms with Crippen LogP contribution in [-0.2, 0) is 16.0 Å². The van der Waals surface area contributed by atoms with Crippen molar-refractivity contribution in [2.75, 3.05) is 25.5 Å². The van der Waals surface area contributed by atoms with E-state index in [2.05, 4.69) is 12.2 Å². The Hall–Kier alpha value is -1.88. The molecule has 5 heteroatoms. The zero-order valence-corrected chi connectivity index (χ0v) is 12.4. The second-order valence-corrected chi connectivity index (χ2v) is 5.89. The molecule has 0 spiro atoms. The van der Waals surface area contributed by atoms with E-state index in [4.69, 9.17) is 4.74 Å². The standard InChI is InChI=1S/C16H20N2O3/c1-10-5-6-18(9-14(10)21-2)16(20)11-3-4-13-12(7-11)8-15(19)17-13/h3-4,7,10,14H,5-6,8-9H2,1-2H3,(H,17,19). The molecule has 2 aliphatic rings. The van der Waals surface area contributed by atoms with Gasteiger partial charge in [-0.25, -0.2) is 0 Å². The lowest BCUT2D eigenvalue weighted by atomic mass is 9.95. The molecule has 1 saturated heterocycles. The summed E-state index contributed by atoms with van der Waals surface area (Å²) in [6.07, 6.45) is 1.41. The summed E-state index contributed by atoms with van der Waals surface area (Å²) in [6.45, 7) is 3.54. The Morgan fingerprint density at radius 3 is 3.00 bits per heavy atom. The first-order chi connectivity index (χ1) is 10.1. The predicted molar refractivity (Wildman–Crippen MR) is 79.3 cm³/mol. The summed E-state index contributed by atoms with van der Waals surface area (Å²) < 4.78 is 5.46. The van der Waals surface area contributed by atoms with Crippen molar-refractivity contribution in [3.8, 4) is 0 Å². The molecule has 2 unspecified atom stereocenters. The van der Waals surface area contributed by atoms with E-state index in [9.17, 15) is 9.59 Å². The third-order valence-corrected chi connectivity index (χ3v) is 4.46. The number of fused-ring (bicyclic) bond motifs is 1. The maximum Gasteiger partial charge on any atom is 0.253 e. The number of carbonyl (C=O) groups excluding carboxylic acids is 2. The van der Waals surface area contributed by atoms with Gasteiger partial charge in [0.05, 0.1) is 12.5 Å². The van der Waals surface area contributed by atoms with Gasteiger partial charge >= 0.3 is 0 Å². The smallest absolute Gasteiger partial charge is 0.253 e. The highest BCUT2D eigenvalue weighted by molar-refractivity contribution is 6.01. The number of nitrogens with zero attached hydrogens (tertiary/aromatic N) is 1. The van der Waals surface area contributed by atoms with Gasteiger partial charge < -0.3 is 15.0 Å². The lowest BCUT2D eigenvalue weighted by Crippen LogP contribution is -2.46. The number of benzene rings is 1. The largest absolute Gasteiger partial charge is 0.379 e. The first-order valence-corrected chi connectivity index (χ1v) is 7.33. The monoisotopic (exact) mass is 288 g/mol. The predicted octanol–water partition coefficient (Wildman–Crippen LogP) is 1.68. The lowest BCUT2D eigenvalue weighted by Gasteiger charge is -2.36. The van der Waals surface area contributed by atoms with Crippen LogP contribution < -0.4 is 5.32 Å². The van der Waals surface area contributed by atoms with Gasteiger partial charge in [0, 0.05) is 31.5 Å². The maximum atomic E-state index is 12.6. The summed E-state index contributed by atoms with van der Waals surface area (Å²) in [6, 6.07) is 5.43. The number of rotatable bonds is 2. The van der Waals surface area contributed by atoms with Crippen LogP contribution in [0.4, 0.5) is 5.69 Å². The van der Waals surface area contributed by atoms with E-state index in [0.29, 0.717) is 24.4 Å². The van der Waals surface area contributed by atoms with E-state index in [0.717, 1.165) is 24.2 Å². The number of methoxy groups -OCH3 is 1. The molecule has 21 heavy (non-hydrogen) atoms. The normalized spacial score (nSPS) is 24.7. The molecule has 0 bridgehead atoms. The number of nitrogens with one attached hydrogen (secondary N) is 1. The number of carbonyl (C=O) groups is 2. The topological polar surface area (TPSA) is 58.6 Å². The molecule has 1 aromatic rings. The van der Waals surface area contributed by atoms with Gasteiger partial charge in [0.25, 0.3) is 5.91 Å². The fourth-order valence-electron chi connectivity index (χ4n) is 3.07. The fourth-order valence-corrected chi connectivity index (χ4v) is 3.07. The molecule has 2 aliphatic heterocycles. The van der Waals surface area contributed by atoms with E-state index in [-0.39, 0.29) is 17.9 Å². The number of anilines is 1. The molecule has 1 N–H and O–H groups in total. The van der Waals surface area contributed by atoms with Crippen LogP contribution in [0.1, 0.15) is 29.3 Å². The molecule has 1 fully saturated rings. The second kappa shape index (κ2) is 5.48. The Kier molecular flexibility index (Phi) is 3.68. The van der Waals surface area contributed by atoms with E-state index in [1.165, 1.54) is 0 Å². The van der Waals surface area contributed by atoms with Crippen molar-refractivity contribution in [1.29, 1.82) is 0 Å². The third-order valence-electron chi connectivity index (χ3n) is 4.46. The molecule has 3 rings (SSSR count). The summed E-state index contributed by atoms with van der Waals surface area (Å²) in [5.41, 5.74) is 2.37. The van der Waals surface area contributed by atoms with E-state index in [1.807, 2.05) is 17.0 Å². The number of piperidine rings is 1. The molecular weight excluding hydrogens is 268 g/mol. The Morgan fingerprint density at radius 1 is 1.43 bits per heavy atom. The average molecular weight is 288 g/mol. The van der Waals surface area contributed by atoms with Crippen LogP contribution in [0.3, 0.4) is 0 Å². The van der Waals surface area contributed by atoms with Gasteiger partial charge in [-0.2, -0.15) is 0 Å². The van der Waals surface area contributed by atoms with Gasteiger partial charge in [-0.1, -0.05) is 6.92 Å². The Bertz CT molecular complexity index is 585. The van der Waals surface area contributed by atoms with Crippen LogP contribution in [-0.4, -0.2) is 43.0 Å². The highest BCUT2D eigenvalue weighted by Crippen LogP contribution is 2.26. The van der Waals surface area contributed by atoms with Gasteiger partial charge in [-0.05, 0) is 36.1 Å². The highest BCUT2D eigenvalue weighted by Gasteiger charge is 2.30. The van der Waals surface area contributed by atoms with E-state index >= 15 is 0 Å². The molecule has 2 atom stereocenters. The number of ether oxygens (including phenoxy) is 1. The Morgan fingerprint density at radius 2 is 2.24 bits per heavy atom. The van der Waals surface area contributed by atoms with Crippen LogP contribution in [0.5, 0.6) is 0 Å². The van der Waals surface area contributed by atoms with Crippen LogP contribution in [0, 0.1) is 5.92 Å². The molecule has 112 valence electrons. The van der Waals surface area contributed by atoms with Gasteiger partial charge in [0.15, 0.2) is 0 Å². The molecular formula is C16H20N2O3. The van der Waals surface area contributed by atoms with Crippen molar-refractivity contribution in [1.82, 2.24) is 4.90 Å². The summed E-state index contributed by atoms with van der Waals surface area (Å²) in [5, 5.41) is 2.78. The van der Waals surface area contributed by atoms with Crippen molar-refractivity contribution < 1.29 is 14.3 Å². The van der Waals surface area contributed by atoms with Crippen molar-refractivity contribution in [2.24, 2.45) is 5.92 Å². The summed E-state index contributed by atoms with van der Waals surface area (Å²) in [4.78, 5) is 25.8. The number of amides is 2. The Labute approximate surface area is 124 Å². The SMILES string of the molecule is COC1CN(C(=O)c2ccc3c(c2)CC(=O)N3)CCC1C. The minimum atomic E-state index is -0.0131. The summed E-state index contributed by atoms with van der Waals surface area (Å²) in [5.74, 6) is 0.479. The molecule has 1 aromatic carbocycles. The number of likely N-dealkylation sites (tertiary alicyclic amines) is 1. The molecule has 2 heterocycles. The summed E-state index contributed by atoms with van der Waals surface area (Å²) >= 11 is 0. The highest BCUT2D eigenvalue weighted by atomic mass is 16.5. The van der Waals surface area contributed by atoms with Crippen molar-refractivity contribution in [2.45, 2.75) is 25.9 Å². The van der Waals surface area contributed by atoms with Crippen LogP contribution in [0.15, 0.2) is 18.2 Å². The van der Waals surface area contributed by atoms with Gasteiger partial charge in [0.2, 0.25) is 5.91 Å². The second-order valence-electron chi connectivity index (χ2n) is 5.89. The van der Waals surface area contributed by atoms with E-state index in [1.54, 1.807) is 13.2 Å². The van der Waals surface area contributed by atoms with E-state index < -0.39 is 0 Å². The first-order valence-electron chi connectivity index (χ1n) is 7.33. The Balaban J connectivity index is 1.77. The van der Waals surface area contributed by atoms with Gasteiger partial charge in [-0.3, -0.25) is 9.59 Å². The molecule has 2 amide bonds. The van der Waals surface area contributed by atoms with Crippen LogP contribution >= 0.6 is 0 Å². The zero-order valence-electron chi connectivity index (χ0n) is 12.4. The maximum absolute atomic E-state index is 12.6. The van der Waals surface area contributed by atoms with Crippen molar-refractivity contribution >= 4 is 17.5 Å². The molecule has 0 saturated carbocycles. The summed E-state index contributed by atoms with van der Waals surface area (Å²) in [7, 11) is 1.70. The molecule has 0 aromatic heterocycles. The van der Waals surface area contributed by atoms with Crippen molar-refractivity contribution in [3.63, 3.8) is 0 Å². The van der Waals surface area contributed by atoms with Crippen LogP contribution in [0.25, 0.3) is 0 Å². The lowest BCUT2D eigenvalue weighted by molar-refractivity contribution is -0.115. The molecule has 5 nitrogen and oxygen atoms in total. The number of hydrogen-bond acceptors (Lipinski definition) is 3. The molecule has 0 aliphatic carbocycles. The van der Waals surface area contributed by atoms with Gasteiger partial charge in [0.1, 0.15) is 0 Å². The molecule has 0 radical (unpaired) electrons. The number of hydrogen-bond donors (Lipinski definition) is 1. The van der Waals surface area contributed by atoms with Crippen LogP contribution in [0.2, 0.25) is 0 Å². The minimum absolute atomic E-state index is 0.0131. The quantitative estimate of drug-likeness (QED) is 0.900. The fraction of sp³-hybridized carbons (Fsp3) is 0.500. The zero-order chi connectivity index (χ0) is 15.0. The third kappa shape index (κ3) is 2.65. The minimum Gasteiger partial charge on any atom is -0.379 e.